The molecule has 0 atom stereocenters. The minimum atomic E-state index is -4.43. The molecule has 0 aliphatic carbocycles. The third-order valence-corrected chi connectivity index (χ3v) is 4.46. The Morgan fingerprint density at radius 1 is 1.27 bits per heavy atom. The van der Waals surface area contributed by atoms with Crippen LogP contribution in [-0.2, 0) is 11.3 Å². The van der Waals surface area contributed by atoms with Crippen molar-refractivity contribution in [3.05, 3.63) is 24.3 Å². The lowest BCUT2D eigenvalue weighted by Crippen LogP contribution is -2.34. The molecule has 0 bridgehead atoms. The first kappa shape index (κ1) is 18.4. The minimum absolute atomic E-state index is 0.211. The average molecular weight is 383 g/mol. The fraction of sp³-hybridized carbons (Fsp3) is 0.375. The summed E-state index contributed by atoms with van der Waals surface area (Å²) in [5.74, 6) is -0.942. The molecule has 0 aliphatic heterocycles. The number of aromatic nitrogens is 4. The van der Waals surface area contributed by atoms with E-state index in [-0.39, 0.29) is 10.9 Å². The van der Waals surface area contributed by atoms with Crippen molar-refractivity contribution in [3.8, 4) is 0 Å². The van der Waals surface area contributed by atoms with E-state index < -0.39 is 18.6 Å². The zero-order chi connectivity index (χ0) is 18.7. The summed E-state index contributed by atoms with van der Waals surface area (Å²) in [6, 6.07) is 7.76. The van der Waals surface area contributed by atoms with Crippen LogP contribution in [0.3, 0.4) is 0 Å². The minimum Gasteiger partial charge on any atom is -0.346 e. The number of benzene rings is 1. The van der Waals surface area contributed by atoms with Crippen molar-refractivity contribution in [2.45, 2.75) is 31.2 Å². The van der Waals surface area contributed by atoms with Crippen molar-refractivity contribution < 1.29 is 18.0 Å². The predicted molar refractivity (Wildman–Crippen MR) is 92.9 cm³/mol. The quantitative estimate of drug-likeness (QED) is 0.662. The van der Waals surface area contributed by atoms with Gasteiger partial charge in [-0.2, -0.15) is 13.2 Å². The first-order chi connectivity index (χ1) is 12.4. The molecule has 1 aromatic carbocycles. The van der Waals surface area contributed by atoms with Gasteiger partial charge in [-0.15, -0.1) is 10.2 Å². The Morgan fingerprint density at radius 2 is 2.04 bits per heavy atom. The van der Waals surface area contributed by atoms with Crippen molar-refractivity contribution in [3.63, 3.8) is 0 Å². The van der Waals surface area contributed by atoms with Gasteiger partial charge in [0.05, 0.1) is 11.3 Å². The monoisotopic (exact) mass is 383 g/mol. The third kappa shape index (κ3) is 4.06. The molecule has 3 rings (SSSR count). The summed E-state index contributed by atoms with van der Waals surface area (Å²) in [4.78, 5) is 16.0. The zero-order valence-corrected chi connectivity index (χ0v) is 14.7. The van der Waals surface area contributed by atoms with Crippen LogP contribution < -0.4 is 5.32 Å². The third-order valence-electron chi connectivity index (χ3n) is 3.62. The largest absolute Gasteiger partial charge is 0.405 e. The Labute approximate surface area is 151 Å². The van der Waals surface area contributed by atoms with Crippen LogP contribution in [0.2, 0.25) is 0 Å². The van der Waals surface area contributed by atoms with Crippen LogP contribution in [0.25, 0.3) is 22.1 Å². The molecular formula is C16H16F3N5OS. The smallest absolute Gasteiger partial charge is 0.346 e. The van der Waals surface area contributed by atoms with E-state index in [0.29, 0.717) is 11.2 Å². The fourth-order valence-electron chi connectivity index (χ4n) is 2.58. The Kier molecular flexibility index (Phi) is 5.30. The summed E-state index contributed by atoms with van der Waals surface area (Å²) in [5, 5.41) is 11.2. The molecule has 0 fully saturated rings. The lowest BCUT2D eigenvalue weighted by molar-refractivity contribution is -0.136. The number of rotatable bonds is 6. The van der Waals surface area contributed by atoms with Crippen molar-refractivity contribution >= 4 is 39.7 Å². The first-order valence-electron chi connectivity index (χ1n) is 7.97. The maximum Gasteiger partial charge on any atom is 0.405 e. The van der Waals surface area contributed by atoms with E-state index in [4.69, 9.17) is 0 Å². The van der Waals surface area contributed by atoms with Gasteiger partial charge in [0.2, 0.25) is 11.1 Å². The van der Waals surface area contributed by atoms with Gasteiger partial charge < -0.3 is 9.88 Å². The SMILES string of the molecule is CCCn1c2ccccc2c2nnc(SCC(=O)NCC(F)(F)F)nc21. The van der Waals surface area contributed by atoms with E-state index in [0.717, 1.165) is 35.6 Å². The Morgan fingerprint density at radius 3 is 2.77 bits per heavy atom. The number of nitrogens with one attached hydrogen (secondary N) is 1. The van der Waals surface area contributed by atoms with Gasteiger partial charge in [-0.05, 0) is 12.5 Å². The van der Waals surface area contributed by atoms with Gasteiger partial charge in [-0.3, -0.25) is 4.79 Å². The Balaban J connectivity index is 1.81. The molecule has 2 heterocycles. The molecule has 138 valence electrons. The van der Waals surface area contributed by atoms with E-state index >= 15 is 0 Å². The van der Waals surface area contributed by atoms with E-state index in [9.17, 15) is 18.0 Å². The predicted octanol–water partition coefficient (Wildman–Crippen LogP) is 3.16. The van der Waals surface area contributed by atoms with Crippen LogP contribution in [0.15, 0.2) is 29.4 Å². The number of fused-ring (bicyclic) bond motifs is 3. The van der Waals surface area contributed by atoms with Gasteiger partial charge in [0.15, 0.2) is 5.65 Å². The first-order valence-corrected chi connectivity index (χ1v) is 8.95. The highest BCUT2D eigenvalue weighted by Gasteiger charge is 2.27. The number of hydrogen-bond acceptors (Lipinski definition) is 5. The van der Waals surface area contributed by atoms with Crippen molar-refractivity contribution in [1.29, 1.82) is 0 Å². The van der Waals surface area contributed by atoms with Crippen molar-refractivity contribution in [2.75, 3.05) is 12.3 Å². The normalized spacial score (nSPS) is 12.0. The highest BCUT2D eigenvalue weighted by Crippen LogP contribution is 2.27. The molecule has 0 spiro atoms. The van der Waals surface area contributed by atoms with Gasteiger partial charge in [-0.1, -0.05) is 36.9 Å². The number of halogens is 3. The second kappa shape index (κ2) is 7.48. The number of thioether (sulfide) groups is 1. The molecule has 0 saturated carbocycles. The molecule has 1 N–H and O–H groups in total. The number of carbonyl (C=O) groups is 1. The van der Waals surface area contributed by atoms with Gasteiger partial charge in [-0.25, -0.2) is 4.98 Å². The number of nitrogens with zero attached hydrogens (tertiary/aromatic N) is 4. The summed E-state index contributed by atoms with van der Waals surface area (Å²) in [5.41, 5.74) is 2.32. The van der Waals surface area contributed by atoms with Crippen molar-refractivity contribution in [1.82, 2.24) is 25.1 Å². The highest BCUT2D eigenvalue weighted by molar-refractivity contribution is 7.99. The molecule has 10 heteroatoms. The molecule has 2 aromatic heterocycles. The second-order valence-corrected chi connectivity index (χ2v) is 6.56. The topological polar surface area (TPSA) is 72.7 Å². The van der Waals surface area contributed by atoms with Crippen LogP contribution in [0, 0.1) is 0 Å². The lowest BCUT2D eigenvalue weighted by atomic mass is 10.2. The molecule has 3 aromatic rings. The molecule has 26 heavy (non-hydrogen) atoms. The van der Waals surface area contributed by atoms with Gasteiger partial charge in [0.1, 0.15) is 12.1 Å². The standard InChI is InChI=1S/C16H16F3N5OS/c1-2-7-24-11-6-4-3-5-10(11)13-14(24)21-15(23-22-13)26-8-12(25)20-9-16(17,18)19/h3-6H,2,7-9H2,1H3,(H,20,25). The van der Waals surface area contributed by atoms with E-state index in [2.05, 4.69) is 22.1 Å². The zero-order valence-electron chi connectivity index (χ0n) is 13.9. The molecule has 0 radical (unpaired) electrons. The average Bonchev–Trinajstić information content (AvgIpc) is 2.92. The molecule has 0 unspecified atom stereocenters. The summed E-state index contributed by atoms with van der Waals surface area (Å²) in [7, 11) is 0. The van der Waals surface area contributed by atoms with Gasteiger partial charge in [0, 0.05) is 11.9 Å². The van der Waals surface area contributed by atoms with Gasteiger partial charge in [0.25, 0.3) is 0 Å². The summed E-state index contributed by atoms with van der Waals surface area (Å²) in [6.07, 6.45) is -3.53. The van der Waals surface area contributed by atoms with Crippen LogP contribution >= 0.6 is 11.8 Å². The molecular weight excluding hydrogens is 367 g/mol. The molecule has 0 saturated heterocycles. The fourth-order valence-corrected chi connectivity index (χ4v) is 3.19. The number of aryl methyl sites for hydroxylation is 1. The van der Waals surface area contributed by atoms with Gasteiger partial charge >= 0.3 is 6.18 Å². The molecule has 6 nitrogen and oxygen atoms in total. The van der Waals surface area contributed by atoms with Crippen LogP contribution in [0.1, 0.15) is 13.3 Å². The van der Waals surface area contributed by atoms with E-state index in [1.165, 1.54) is 0 Å². The maximum atomic E-state index is 12.1. The number of hydrogen-bond donors (Lipinski definition) is 1. The maximum absolute atomic E-state index is 12.1. The van der Waals surface area contributed by atoms with E-state index in [1.54, 1.807) is 0 Å². The molecule has 1 amide bonds. The summed E-state index contributed by atoms with van der Waals surface area (Å²) >= 11 is 0.953. The number of para-hydroxylation sites is 1. The van der Waals surface area contributed by atoms with E-state index in [1.807, 2.05) is 34.1 Å². The second-order valence-electron chi connectivity index (χ2n) is 5.62. The Hall–Kier alpha value is -2.36. The summed E-state index contributed by atoms with van der Waals surface area (Å²) < 4.78 is 38.4. The van der Waals surface area contributed by atoms with Crippen LogP contribution in [0.5, 0.6) is 0 Å². The summed E-state index contributed by atoms with van der Waals surface area (Å²) in [6.45, 7) is 1.45. The number of alkyl halides is 3. The highest BCUT2D eigenvalue weighted by atomic mass is 32.2. The number of amides is 1. The van der Waals surface area contributed by atoms with Crippen LogP contribution in [0.4, 0.5) is 13.2 Å². The van der Waals surface area contributed by atoms with Crippen LogP contribution in [-0.4, -0.2) is 44.1 Å². The Bertz CT molecular complexity index is 941. The number of carbonyl (C=O) groups excluding carboxylic acids is 1. The lowest BCUT2D eigenvalue weighted by Gasteiger charge is -2.07. The van der Waals surface area contributed by atoms with Crippen molar-refractivity contribution in [2.24, 2.45) is 0 Å². The molecule has 0 aliphatic rings.